The first-order chi connectivity index (χ1) is 61.5. The van der Waals surface area contributed by atoms with Crippen LogP contribution in [0.25, 0.3) is 0 Å². The summed E-state index contributed by atoms with van der Waals surface area (Å²) in [5.74, 6) is -0.790. The van der Waals surface area contributed by atoms with Crippen LogP contribution in [0.5, 0.6) is 0 Å². The summed E-state index contributed by atoms with van der Waals surface area (Å²) in [6, 6.07) is -3.14. The molecule has 7 saturated heterocycles. The average Bonchev–Trinajstić information content (AvgIpc) is 0.407. The molecule has 10 amide bonds. The van der Waals surface area contributed by atoms with Gasteiger partial charge >= 0.3 is 29.6 Å². The van der Waals surface area contributed by atoms with Crippen molar-refractivity contribution in [3.63, 3.8) is 0 Å². The number of aliphatic hydroxyl groups excluding tert-OH is 10. The van der Waals surface area contributed by atoms with Gasteiger partial charge in [-0.25, -0.2) is 0 Å². The minimum atomic E-state index is -1.44. The molecule has 8 aliphatic rings. The van der Waals surface area contributed by atoms with Crippen molar-refractivity contribution in [2.45, 2.75) is 343 Å². The van der Waals surface area contributed by atoms with E-state index >= 15 is 0 Å². The van der Waals surface area contributed by atoms with E-state index in [2.05, 4.69) is 31.9 Å². The molecule has 1 spiro atoms. The molecule has 8 rings (SSSR count). The second kappa shape index (κ2) is 57.8. The standard InChI is InChI=1S/C90H156N11O27.Na/c1-60(107)96-77-83(121)80(118)66(54-103)127-86(77)124-51-19-12-22-69(110)93-41-15-4-8-25-73(114)99-46-31-63(32-47-99)90(35-28-71(112)95-43-17-6-10-27-75(116)101-56-88(57-101)36-38-89(58-105,59-106)39-37-88,62-29-44-98(45-30-62)72(113)24-7-3-14-40-92-68(109)21-11-18-50-123-85-76(91)82(120)79(117)65(53-102)126-85)64-33-48-100(49-34-64)74(115)26-9-5-16-42-94-70(111)23-13-20-52-125-87-78(97-61(2)108)84(122)81(119)67(55-104)128-87;/h62-67,76-87,102-105,117-122H,3-59,91H2,1-2H3,(H,92,109)(H,93,110)(H,94,111)(H,95,112)(H,96,107)(H,97,108);/q-1;+1. The molecule has 0 aromatic rings. The van der Waals surface area contributed by atoms with Gasteiger partial charge < -0.3 is 142 Å². The molecule has 15 unspecified atom stereocenters. The average molecular weight is 1850 g/mol. The number of nitrogens with one attached hydrogen (secondary N) is 6. The Bertz CT molecular complexity index is 3230. The zero-order chi connectivity index (χ0) is 92.8. The Balaban J connectivity index is 0.0000228. The number of ether oxygens (including phenoxy) is 6. The fourth-order valence-electron chi connectivity index (χ4n) is 20.3. The summed E-state index contributed by atoms with van der Waals surface area (Å²) in [5.41, 5.74) is 5.06. The summed E-state index contributed by atoms with van der Waals surface area (Å²) in [6.45, 7) is 7.25. The number of carbonyl (C=O) groups excluding carboxylic acids is 10. The van der Waals surface area contributed by atoms with Gasteiger partial charge in [-0.15, -0.1) is 6.61 Å². The minimum Gasteiger partial charge on any atom is -0.854 e. The normalized spacial score (nSPS) is 27.2. The molecule has 0 aromatic carbocycles. The van der Waals surface area contributed by atoms with Gasteiger partial charge in [-0.05, 0) is 189 Å². The first kappa shape index (κ1) is 111. The van der Waals surface area contributed by atoms with E-state index < -0.39 is 134 Å². The van der Waals surface area contributed by atoms with E-state index in [9.17, 15) is 104 Å². The monoisotopic (exact) mass is 1850 g/mol. The van der Waals surface area contributed by atoms with Gasteiger partial charge in [-0.3, -0.25) is 47.9 Å². The summed E-state index contributed by atoms with van der Waals surface area (Å²) >= 11 is 0. The Morgan fingerprint density at radius 2 is 0.698 bits per heavy atom. The third-order valence-electron chi connectivity index (χ3n) is 28.3. The van der Waals surface area contributed by atoms with Crippen LogP contribution in [0.1, 0.15) is 251 Å². The predicted octanol–water partition coefficient (Wildman–Crippen LogP) is -3.86. The van der Waals surface area contributed by atoms with Crippen LogP contribution in [0.2, 0.25) is 0 Å². The Morgan fingerprint density at radius 3 is 1.02 bits per heavy atom. The number of unbranched alkanes of at least 4 members (excludes halogenated alkanes) is 11. The van der Waals surface area contributed by atoms with E-state index in [-0.39, 0.29) is 159 Å². The molecule has 0 radical (unpaired) electrons. The van der Waals surface area contributed by atoms with Crippen LogP contribution in [-0.4, -0.2) is 353 Å². The number of likely N-dealkylation sites (tertiary alicyclic amines) is 4. The molecule has 0 bridgehead atoms. The first-order valence-electron chi connectivity index (χ1n) is 47.9. The van der Waals surface area contributed by atoms with E-state index in [0.29, 0.717) is 265 Å². The van der Waals surface area contributed by atoms with Gasteiger partial charge in [0.05, 0.1) is 25.9 Å². The maximum absolute atomic E-state index is 14.4. The summed E-state index contributed by atoms with van der Waals surface area (Å²) < 4.78 is 34.0. The van der Waals surface area contributed by atoms with Crippen molar-refractivity contribution in [2.24, 2.45) is 39.7 Å². The Morgan fingerprint density at radius 1 is 0.395 bits per heavy atom. The second-order valence-corrected chi connectivity index (χ2v) is 37.4. The van der Waals surface area contributed by atoms with Crippen LogP contribution in [0.4, 0.5) is 0 Å². The third kappa shape index (κ3) is 34.3. The van der Waals surface area contributed by atoms with Gasteiger partial charge in [0.25, 0.3) is 0 Å². The van der Waals surface area contributed by atoms with Crippen LogP contribution in [0, 0.1) is 34.0 Å². The molecule has 8 fully saturated rings. The molecule has 1 saturated carbocycles. The van der Waals surface area contributed by atoms with Crippen LogP contribution in [0.3, 0.4) is 0 Å². The number of amides is 10. The van der Waals surface area contributed by atoms with Crippen LogP contribution < -0.4 is 72.3 Å². The van der Waals surface area contributed by atoms with Crippen LogP contribution in [-0.2, 0) is 76.4 Å². The summed E-state index contributed by atoms with van der Waals surface area (Å²) in [5, 5.41) is 130. The quantitative estimate of drug-likeness (QED) is 0.0205. The topological polar surface area (TPSA) is 563 Å². The molecule has 7 heterocycles. The number of hydrogen-bond acceptors (Lipinski definition) is 28. The van der Waals surface area contributed by atoms with Gasteiger partial charge in [-0.1, -0.05) is 25.7 Å². The SMILES string of the molecule is CC(=O)NC1C(OCCCCC(=O)NCCCCCC(=O)N2CCC(C(CCC(=O)NCCCCCC(=O)N3CC4(CCC(C[O-])(CO)CC4)C3)(C3CCN(C(=O)CCCCCNC(=O)CCCCOC4OC(CO)C(O)C(O)C4N)CC3)C3CCN(C(=O)CCCCCNC(=O)CCCCOC4OC(CO)C(O)C(O)C4NC(C)=O)CC3)CC2)OC(CO)C(O)C1O.[Na+]. The van der Waals surface area contributed by atoms with Gasteiger partial charge in [0, 0.05) is 176 Å². The zero-order valence-electron chi connectivity index (χ0n) is 77.0. The largest absolute Gasteiger partial charge is 1.00 e. The van der Waals surface area contributed by atoms with E-state index in [1.165, 1.54) is 13.8 Å². The van der Waals surface area contributed by atoms with Gasteiger partial charge in [0.15, 0.2) is 18.9 Å². The van der Waals surface area contributed by atoms with Gasteiger partial charge in [-0.2, -0.15) is 0 Å². The number of hydrogen-bond donors (Lipinski definition) is 17. The van der Waals surface area contributed by atoms with Crippen molar-refractivity contribution in [1.29, 1.82) is 0 Å². The predicted molar refractivity (Wildman–Crippen MR) is 463 cm³/mol. The minimum absolute atomic E-state index is 0. The van der Waals surface area contributed by atoms with Gasteiger partial charge in [0.1, 0.15) is 67.0 Å². The third-order valence-corrected chi connectivity index (χ3v) is 28.3. The van der Waals surface area contributed by atoms with E-state index in [1.54, 1.807) is 0 Å². The van der Waals surface area contributed by atoms with E-state index in [4.69, 9.17) is 34.2 Å². The molecule has 129 heavy (non-hydrogen) atoms. The maximum atomic E-state index is 14.4. The fraction of sp³-hybridized carbons (Fsp3) is 0.889. The summed E-state index contributed by atoms with van der Waals surface area (Å²) in [7, 11) is 0. The molecule has 18 N–H and O–H groups in total. The zero-order valence-corrected chi connectivity index (χ0v) is 79.0. The molecule has 734 valence electrons. The number of rotatable bonds is 55. The van der Waals surface area contributed by atoms with Crippen molar-refractivity contribution in [1.82, 2.24) is 51.5 Å². The Kier molecular flexibility index (Phi) is 49.7. The number of carbonyl (C=O) groups is 10. The molecule has 7 aliphatic heterocycles. The van der Waals surface area contributed by atoms with Gasteiger partial charge in [0.2, 0.25) is 59.1 Å². The summed E-state index contributed by atoms with van der Waals surface area (Å²) in [4.78, 5) is 140. The number of aliphatic hydroxyl groups is 10. The van der Waals surface area contributed by atoms with Crippen LogP contribution in [0.15, 0.2) is 0 Å². The van der Waals surface area contributed by atoms with E-state index in [0.717, 1.165) is 25.7 Å². The molecule has 39 heteroatoms. The Labute approximate surface area is 782 Å². The molecule has 1 aliphatic carbocycles. The number of nitrogens with zero attached hydrogens (tertiary/aromatic N) is 4. The molecule has 38 nitrogen and oxygen atoms in total. The van der Waals surface area contributed by atoms with Crippen molar-refractivity contribution < 1.29 is 162 Å². The molecule has 0 aromatic heterocycles. The van der Waals surface area contributed by atoms with Crippen LogP contribution >= 0.6 is 0 Å². The van der Waals surface area contributed by atoms with Crippen molar-refractivity contribution in [3.05, 3.63) is 0 Å². The molecular weight excluding hydrogens is 1690 g/mol. The number of nitrogens with two attached hydrogens (primary N) is 1. The smallest absolute Gasteiger partial charge is 0.854 e. The fourth-order valence-corrected chi connectivity index (χ4v) is 20.3. The maximum Gasteiger partial charge on any atom is 1.00 e. The number of piperidine rings is 3. The molecular formula is C90H156N11NaO27. The second-order valence-electron chi connectivity index (χ2n) is 37.4. The summed E-state index contributed by atoms with van der Waals surface area (Å²) in [6.07, 6.45) is 6.42. The Hall–Kier alpha value is -5.02. The van der Waals surface area contributed by atoms with Crippen molar-refractivity contribution in [2.75, 3.05) is 131 Å². The first-order valence-corrected chi connectivity index (χ1v) is 47.9. The van der Waals surface area contributed by atoms with Crippen molar-refractivity contribution >= 4 is 59.1 Å². The van der Waals surface area contributed by atoms with E-state index in [1.807, 2.05) is 19.6 Å². The molecule has 15 atom stereocenters. The van der Waals surface area contributed by atoms with Crippen molar-refractivity contribution in [3.8, 4) is 0 Å².